The molecule has 3 aliphatic rings. The third-order valence-corrected chi connectivity index (χ3v) is 8.31. The summed E-state index contributed by atoms with van der Waals surface area (Å²) in [5.41, 5.74) is 7.36. The first-order valence-electron chi connectivity index (χ1n) is 9.73. The van der Waals surface area contributed by atoms with Crippen LogP contribution in [0.3, 0.4) is 0 Å². The molecule has 1 aromatic heterocycles. The molecule has 0 amide bonds. The Morgan fingerprint density at radius 3 is 2.97 bits per heavy atom. The van der Waals surface area contributed by atoms with Crippen molar-refractivity contribution in [3.63, 3.8) is 0 Å². The van der Waals surface area contributed by atoms with E-state index in [0.717, 1.165) is 30.2 Å². The van der Waals surface area contributed by atoms with Crippen LogP contribution in [0.15, 0.2) is 30.3 Å². The molecule has 0 spiro atoms. The minimum Gasteiger partial charge on any atom is -0.448 e. The fourth-order valence-electron chi connectivity index (χ4n) is 4.56. The Morgan fingerprint density at radius 2 is 2.17 bits per heavy atom. The van der Waals surface area contributed by atoms with E-state index in [9.17, 15) is 4.79 Å². The predicted molar refractivity (Wildman–Crippen MR) is 118 cm³/mol. The van der Waals surface area contributed by atoms with Crippen molar-refractivity contribution in [3.8, 4) is 0 Å². The molecular weight excluding hydrogens is 408 g/mol. The highest BCUT2D eigenvalue weighted by atomic mass is 35.5. The molecule has 0 bridgehead atoms. The molecule has 5 rings (SSSR count). The van der Waals surface area contributed by atoms with Gasteiger partial charge in [0.2, 0.25) is 0 Å². The summed E-state index contributed by atoms with van der Waals surface area (Å²) in [6.07, 6.45) is 7.95. The van der Waals surface area contributed by atoms with Crippen LogP contribution in [0.5, 0.6) is 0 Å². The van der Waals surface area contributed by atoms with E-state index in [-0.39, 0.29) is 29.3 Å². The van der Waals surface area contributed by atoms with Crippen molar-refractivity contribution in [2.45, 2.75) is 26.1 Å². The zero-order valence-corrected chi connectivity index (χ0v) is 18.1. The van der Waals surface area contributed by atoms with Gasteiger partial charge in [-0.15, -0.1) is 0 Å². The number of hydrazine groups is 1. The summed E-state index contributed by atoms with van der Waals surface area (Å²) < 4.78 is 5.31. The van der Waals surface area contributed by atoms with Crippen LogP contribution in [0, 0.1) is 0 Å². The molecule has 6 nitrogen and oxygen atoms in total. The number of hydrogen-bond donors (Lipinski definition) is 1. The molecule has 1 aliphatic carbocycles. The van der Waals surface area contributed by atoms with E-state index in [1.54, 1.807) is 0 Å². The van der Waals surface area contributed by atoms with Gasteiger partial charge in [0.1, 0.15) is 12.4 Å². The van der Waals surface area contributed by atoms with Gasteiger partial charge in [-0.1, -0.05) is 29.8 Å². The number of fused-ring (bicyclic) bond motifs is 5. The van der Waals surface area contributed by atoms with E-state index in [1.165, 1.54) is 27.9 Å². The predicted octanol–water partition coefficient (Wildman–Crippen LogP) is 3.65. The van der Waals surface area contributed by atoms with Crippen molar-refractivity contribution in [3.05, 3.63) is 51.4 Å². The van der Waals surface area contributed by atoms with Crippen LogP contribution in [-0.4, -0.2) is 37.1 Å². The fraction of sp³-hybridized carbons (Fsp3) is 0.381. The standard InChI is InChI=1S/C21H24ClN4O2S/c1-14(27)28-13-26-20-11-24(18-8-4-3-7-17(18)22)10-16-15-6-5-9-19(15)29(2)21(16)25(20)12-23-26/h3-5,7-9,20,23H,6,10-13H2,1-2H3/q+1. The van der Waals surface area contributed by atoms with E-state index in [2.05, 4.69) is 39.7 Å². The number of hydrogen-bond acceptors (Lipinski definition) is 6. The number of carbonyl (C=O) groups is 1. The molecule has 1 aromatic carbocycles. The number of para-hydroxylation sites is 1. The van der Waals surface area contributed by atoms with Crippen LogP contribution >= 0.6 is 22.1 Å². The molecule has 1 fully saturated rings. The van der Waals surface area contributed by atoms with Crippen molar-refractivity contribution < 1.29 is 9.53 Å². The van der Waals surface area contributed by atoms with E-state index < -0.39 is 0 Å². The molecule has 2 aromatic rings. The minimum absolute atomic E-state index is 0.0435. The number of allylic oxidation sites excluding steroid dienone is 1. The summed E-state index contributed by atoms with van der Waals surface area (Å²) in [4.78, 5) is 17.7. The fourth-order valence-corrected chi connectivity index (χ4v) is 7.00. The number of esters is 1. The van der Waals surface area contributed by atoms with Crippen LogP contribution in [0.2, 0.25) is 5.02 Å². The molecule has 1 N–H and O–H groups in total. The van der Waals surface area contributed by atoms with Gasteiger partial charge >= 0.3 is 5.97 Å². The van der Waals surface area contributed by atoms with Crippen molar-refractivity contribution in [2.75, 3.05) is 29.7 Å². The van der Waals surface area contributed by atoms with Crippen LogP contribution in [0.1, 0.15) is 22.9 Å². The normalized spacial score (nSPS) is 21.1. The Hall–Kier alpha value is -2.06. The number of halogens is 1. The third kappa shape index (κ3) is 3.13. The summed E-state index contributed by atoms with van der Waals surface area (Å²) in [5.74, 6) is -0.274. The van der Waals surface area contributed by atoms with Gasteiger partial charge in [0, 0.05) is 23.0 Å². The van der Waals surface area contributed by atoms with Gasteiger partial charge in [0.25, 0.3) is 5.00 Å². The number of benzene rings is 1. The minimum atomic E-state index is -0.274. The third-order valence-electron chi connectivity index (χ3n) is 5.89. The SMILES string of the molecule is CC(=O)OCN1NCN2c3c(c4c([s+]3C)C=CC4)CN(c3ccccc3Cl)CC12. The highest BCUT2D eigenvalue weighted by Gasteiger charge is 2.45. The maximum atomic E-state index is 11.4. The van der Waals surface area contributed by atoms with Crippen LogP contribution in [0.25, 0.3) is 6.08 Å². The number of ether oxygens (including phenoxy) is 1. The van der Waals surface area contributed by atoms with E-state index in [1.807, 2.05) is 23.2 Å². The Labute approximate surface area is 178 Å². The number of rotatable bonds is 3. The average Bonchev–Trinajstić information content (AvgIpc) is 3.35. The lowest BCUT2D eigenvalue weighted by Crippen LogP contribution is -2.48. The molecule has 3 heterocycles. The molecule has 0 saturated carbocycles. The summed E-state index contributed by atoms with van der Waals surface area (Å²) in [6.45, 7) is 3.98. The smallest absolute Gasteiger partial charge is 0.303 e. The molecule has 0 radical (unpaired) electrons. The maximum absolute atomic E-state index is 11.4. The lowest BCUT2D eigenvalue weighted by Gasteiger charge is -2.31. The Bertz CT molecular complexity index is 1000. The quantitative estimate of drug-likeness (QED) is 0.591. The average molecular weight is 432 g/mol. The van der Waals surface area contributed by atoms with Gasteiger partial charge in [0.05, 0.1) is 36.0 Å². The maximum Gasteiger partial charge on any atom is 0.303 e. The van der Waals surface area contributed by atoms with Crippen LogP contribution in [-0.2, 0) is 28.8 Å². The number of carbonyl (C=O) groups excluding carboxylic acids is 1. The first kappa shape index (κ1) is 18.9. The number of nitrogens with one attached hydrogen (secondary N) is 1. The van der Waals surface area contributed by atoms with Crippen molar-refractivity contribution in [1.82, 2.24) is 10.4 Å². The van der Waals surface area contributed by atoms with Crippen molar-refractivity contribution in [2.24, 2.45) is 6.26 Å². The van der Waals surface area contributed by atoms with Gasteiger partial charge in [-0.25, -0.2) is 5.43 Å². The highest BCUT2D eigenvalue weighted by molar-refractivity contribution is 7.34. The summed E-state index contributed by atoms with van der Waals surface area (Å²) in [5, 5.41) is 4.20. The molecule has 2 aliphatic heterocycles. The topological polar surface area (TPSA) is 48.1 Å². The Morgan fingerprint density at radius 1 is 1.34 bits per heavy atom. The molecule has 152 valence electrons. The zero-order chi connectivity index (χ0) is 20.1. The second kappa shape index (κ2) is 7.32. The second-order valence-corrected chi connectivity index (χ2v) is 9.83. The molecule has 8 heteroatoms. The number of nitrogens with zero attached hydrogens (tertiary/aromatic N) is 3. The van der Waals surface area contributed by atoms with Crippen LogP contribution in [0.4, 0.5) is 10.7 Å². The monoisotopic (exact) mass is 431 g/mol. The summed E-state index contributed by atoms with van der Waals surface area (Å²) >= 11 is 6.58. The Kier molecular flexibility index (Phi) is 4.78. The largest absolute Gasteiger partial charge is 0.448 e. The lowest BCUT2D eigenvalue weighted by atomic mass is 10.1. The number of thiophene rings is 1. The summed E-state index contributed by atoms with van der Waals surface area (Å²) in [7, 11) is 0.0435. The van der Waals surface area contributed by atoms with Gasteiger partial charge in [-0.2, -0.15) is 5.01 Å². The molecule has 2 atom stereocenters. The molecule has 29 heavy (non-hydrogen) atoms. The van der Waals surface area contributed by atoms with Gasteiger partial charge < -0.3 is 9.64 Å². The Balaban J connectivity index is 1.59. The molecule has 2 unspecified atom stereocenters. The summed E-state index contributed by atoms with van der Waals surface area (Å²) in [6, 6.07) is 8.02. The molecular formula is C21H24ClN4O2S+. The lowest BCUT2D eigenvalue weighted by molar-refractivity contribution is -0.147. The van der Waals surface area contributed by atoms with Gasteiger partial charge in [-0.05, 0) is 24.6 Å². The van der Waals surface area contributed by atoms with E-state index >= 15 is 0 Å². The van der Waals surface area contributed by atoms with Crippen molar-refractivity contribution >= 4 is 44.8 Å². The van der Waals surface area contributed by atoms with Crippen molar-refractivity contribution in [1.29, 1.82) is 0 Å². The first-order valence-corrected chi connectivity index (χ1v) is 11.7. The highest BCUT2D eigenvalue weighted by Crippen LogP contribution is 2.50. The van der Waals surface area contributed by atoms with Crippen LogP contribution < -0.4 is 15.2 Å². The van der Waals surface area contributed by atoms with Gasteiger partial charge in [0.15, 0.2) is 11.6 Å². The molecule has 1 saturated heterocycles. The second-order valence-electron chi connectivity index (χ2n) is 7.58. The first-order chi connectivity index (χ1) is 14.0. The number of anilines is 2. The zero-order valence-electron chi connectivity index (χ0n) is 16.5. The van der Waals surface area contributed by atoms with Gasteiger partial charge in [-0.3, -0.25) is 9.69 Å². The van der Waals surface area contributed by atoms with E-state index in [4.69, 9.17) is 16.3 Å². The van der Waals surface area contributed by atoms with E-state index in [0.29, 0.717) is 6.67 Å².